The van der Waals surface area contributed by atoms with Crippen LogP contribution in [-0.4, -0.2) is 12.3 Å². The molecule has 0 aliphatic heterocycles. The third-order valence-corrected chi connectivity index (χ3v) is 2.81. The number of nitrogens with zero attached hydrogens (tertiary/aromatic N) is 1. The third kappa shape index (κ3) is 2.34. The second-order valence-corrected chi connectivity index (χ2v) is 4.31. The molecule has 0 bridgehead atoms. The Morgan fingerprint density at radius 1 is 1.53 bits per heavy atom. The van der Waals surface area contributed by atoms with Gasteiger partial charge in [-0.1, -0.05) is 33.2 Å². The summed E-state index contributed by atoms with van der Waals surface area (Å²) in [5.74, 6) is 2.95. The average Bonchev–Trinajstić information content (AvgIpc) is 2.72. The summed E-state index contributed by atoms with van der Waals surface area (Å²) in [4.78, 5) is 0. The summed E-state index contributed by atoms with van der Waals surface area (Å²) in [6.45, 7) is 0. The van der Waals surface area contributed by atoms with E-state index in [1.807, 2.05) is 24.3 Å². The Morgan fingerprint density at radius 2 is 2.35 bits per heavy atom. The zero-order chi connectivity index (χ0) is 12.3. The van der Waals surface area contributed by atoms with Crippen molar-refractivity contribution in [1.29, 1.82) is 0 Å². The molecule has 0 saturated carbocycles. The van der Waals surface area contributed by atoms with Crippen LogP contribution in [0.1, 0.15) is 5.56 Å². The monoisotopic (exact) mass is 291 g/mol. The molecule has 0 unspecified atom stereocenters. The first-order valence-electron chi connectivity index (χ1n) is 4.98. The average molecular weight is 292 g/mol. The number of methoxy groups -OCH3 is 1. The Labute approximate surface area is 108 Å². The molecule has 3 nitrogen and oxygen atoms in total. The SMILES string of the molecule is C#CCc1c(-c2cccc(Br)c2)noc1OC. The number of rotatable bonds is 3. The zero-order valence-electron chi connectivity index (χ0n) is 9.24. The molecule has 17 heavy (non-hydrogen) atoms. The van der Waals surface area contributed by atoms with Gasteiger partial charge in [0.05, 0.1) is 12.7 Å². The molecule has 0 fully saturated rings. The highest BCUT2D eigenvalue weighted by Gasteiger charge is 2.17. The van der Waals surface area contributed by atoms with E-state index in [1.54, 1.807) is 0 Å². The minimum Gasteiger partial charge on any atom is -0.467 e. The minimum absolute atomic E-state index is 0.373. The van der Waals surface area contributed by atoms with Crippen LogP contribution < -0.4 is 4.74 Å². The van der Waals surface area contributed by atoms with Gasteiger partial charge in [-0.25, -0.2) is 0 Å². The molecule has 4 heteroatoms. The molecule has 0 amide bonds. The van der Waals surface area contributed by atoms with Crippen LogP contribution in [0.2, 0.25) is 0 Å². The first-order valence-corrected chi connectivity index (χ1v) is 5.77. The summed E-state index contributed by atoms with van der Waals surface area (Å²) in [5, 5.41) is 4.00. The van der Waals surface area contributed by atoms with Crippen LogP contribution in [0, 0.1) is 12.3 Å². The number of aromatic nitrogens is 1. The van der Waals surface area contributed by atoms with Crippen LogP contribution >= 0.6 is 15.9 Å². The molecule has 1 aromatic heterocycles. The number of halogens is 1. The molecule has 0 aliphatic carbocycles. The molecule has 0 atom stereocenters. The predicted octanol–water partition coefficient (Wildman–Crippen LogP) is 3.29. The van der Waals surface area contributed by atoms with E-state index in [1.165, 1.54) is 7.11 Å². The van der Waals surface area contributed by atoms with Gasteiger partial charge in [-0.15, -0.1) is 12.3 Å². The maximum absolute atomic E-state index is 5.34. The van der Waals surface area contributed by atoms with Crippen molar-refractivity contribution >= 4 is 15.9 Å². The molecule has 0 radical (unpaired) electrons. The van der Waals surface area contributed by atoms with E-state index >= 15 is 0 Å². The highest BCUT2D eigenvalue weighted by Crippen LogP contribution is 2.31. The van der Waals surface area contributed by atoms with Crippen molar-refractivity contribution in [2.75, 3.05) is 7.11 Å². The molecule has 1 heterocycles. The lowest BCUT2D eigenvalue weighted by atomic mass is 10.1. The molecular formula is C13H10BrNO2. The van der Waals surface area contributed by atoms with Crippen molar-refractivity contribution in [3.05, 3.63) is 34.3 Å². The van der Waals surface area contributed by atoms with Crippen molar-refractivity contribution in [3.8, 4) is 29.5 Å². The van der Waals surface area contributed by atoms with Crippen LogP contribution in [0.25, 0.3) is 11.3 Å². The fourth-order valence-corrected chi connectivity index (χ4v) is 1.97. The van der Waals surface area contributed by atoms with E-state index in [0.717, 1.165) is 21.3 Å². The van der Waals surface area contributed by atoms with Crippen molar-refractivity contribution < 1.29 is 9.26 Å². The molecule has 0 aliphatic rings. The van der Waals surface area contributed by atoms with Crippen LogP contribution in [0.4, 0.5) is 0 Å². The van der Waals surface area contributed by atoms with Gasteiger partial charge in [0.2, 0.25) is 0 Å². The fourth-order valence-electron chi connectivity index (χ4n) is 1.58. The number of benzene rings is 1. The summed E-state index contributed by atoms with van der Waals surface area (Å²) < 4.78 is 11.2. The summed E-state index contributed by atoms with van der Waals surface area (Å²) in [7, 11) is 1.53. The summed E-state index contributed by atoms with van der Waals surface area (Å²) >= 11 is 3.42. The Balaban J connectivity index is 2.52. The van der Waals surface area contributed by atoms with Crippen molar-refractivity contribution in [2.45, 2.75) is 6.42 Å². The molecule has 0 spiro atoms. The normalized spacial score (nSPS) is 9.94. The lowest BCUT2D eigenvalue weighted by Gasteiger charge is -2.00. The Morgan fingerprint density at radius 3 is 3.00 bits per heavy atom. The van der Waals surface area contributed by atoms with Crippen LogP contribution in [-0.2, 0) is 6.42 Å². The van der Waals surface area contributed by atoms with Gasteiger partial charge in [0.25, 0.3) is 0 Å². The lowest BCUT2D eigenvalue weighted by Crippen LogP contribution is -1.89. The first kappa shape index (κ1) is 11.7. The second kappa shape index (κ2) is 5.07. The summed E-state index contributed by atoms with van der Waals surface area (Å²) in [6, 6.07) is 7.78. The zero-order valence-corrected chi connectivity index (χ0v) is 10.8. The van der Waals surface area contributed by atoms with Gasteiger partial charge in [0.15, 0.2) is 0 Å². The number of hydrogen-bond donors (Lipinski definition) is 0. The van der Waals surface area contributed by atoms with Crippen LogP contribution in [0.5, 0.6) is 5.95 Å². The van der Waals surface area contributed by atoms with E-state index in [9.17, 15) is 0 Å². The maximum Gasteiger partial charge on any atom is 0.315 e. The van der Waals surface area contributed by atoms with Gasteiger partial charge < -0.3 is 9.26 Å². The van der Waals surface area contributed by atoms with Crippen LogP contribution in [0.3, 0.4) is 0 Å². The molecule has 2 aromatic rings. The number of hydrogen-bond acceptors (Lipinski definition) is 3. The quantitative estimate of drug-likeness (QED) is 0.814. The van der Waals surface area contributed by atoms with Gasteiger partial charge >= 0.3 is 5.95 Å². The topological polar surface area (TPSA) is 35.3 Å². The van der Waals surface area contributed by atoms with Crippen molar-refractivity contribution in [1.82, 2.24) is 5.16 Å². The fraction of sp³-hybridized carbons (Fsp3) is 0.154. The number of ether oxygens (including phenoxy) is 1. The molecule has 1 aromatic carbocycles. The van der Waals surface area contributed by atoms with Crippen LogP contribution in [0.15, 0.2) is 33.3 Å². The molecular weight excluding hydrogens is 282 g/mol. The third-order valence-electron chi connectivity index (χ3n) is 2.31. The highest BCUT2D eigenvalue weighted by atomic mass is 79.9. The molecule has 86 valence electrons. The lowest BCUT2D eigenvalue weighted by molar-refractivity contribution is 0.259. The van der Waals surface area contributed by atoms with Gasteiger partial charge in [0, 0.05) is 16.5 Å². The van der Waals surface area contributed by atoms with Gasteiger partial charge in [0.1, 0.15) is 5.69 Å². The van der Waals surface area contributed by atoms with E-state index in [2.05, 4.69) is 27.0 Å². The van der Waals surface area contributed by atoms with Crippen molar-refractivity contribution in [3.63, 3.8) is 0 Å². The Hall–Kier alpha value is -1.73. The Bertz CT molecular complexity index is 569. The van der Waals surface area contributed by atoms with Gasteiger partial charge in [-0.3, -0.25) is 0 Å². The van der Waals surface area contributed by atoms with Gasteiger partial charge in [-0.2, -0.15) is 0 Å². The Kier molecular flexibility index (Phi) is 3.50. The second-order valence-electron chi connectivity index (χ2n) is 3.39. The van der Waals surface area contributed by atoms with Crippen molar-refractivity contribution in [2.24, 2.45) is 0 Å². The molecule has 0 N–H and O–H groups in total. The van der Waals surface area contributed by atoms with E-state index in [4.69, 9.17) is 15.7 Å². The first-order chi connectivity index (χ1) is 8.26. The predicted molar refractivity (Wildman–Crippen MR) is 68.7 cm³/mol. The smallest absolute Gasteiger partial charge is 0.315 e. The summed E-state index contributed by atoms with van der Waals surface area (Å²) in [5.41, 5.74) is 2.46. The van der Waals surface area contributed by atoms with E-state index in [0.29, 0.717) is 12.4 Å². The maximum atomic E-state index is 5.34. The standard InChI is InChI=1S/C13H10BrNO2/c1-3-5-11-12(15-17-13(11)16-2)9-6-4-7-10(14)8-9/h1,4,6-8H,5H2,2H3. The van der Waals surface area contributed by atoms with E-state index < -0.39 is 0 Å². The largest absolute Gasteiger partial charge is 0.467 e. The molecule has 2 rings (SSSR count). The van der Waals surface area contributed by atoms with E-state index in [-0.39, 0.29) is 0 Å². The highest BCUT2D eigenvalue weighted by molar-refractivity contribution is 9.10. The number of terminal acetylenes is 1. The minimum atomic E-state index is 0.373. The van der Waals surface area contributed by atoms with Gasteiger partial charge in [-0.05, 0) is 12.1 Å². The summed E-state index contributed by atoms with van der Waals surface area (Å²) in [6.07, 6.45) is 5.76. The molecule has 0 saturated heterocycles.